The lowest BCUT2D eigenvalue weighted by molar-refractivity contribution is 0.331. The van der Waals surface area contributed by atoms with Crippen LogP contribution in [0.1, 0.15) is 0 Å². The number of anilines is 1. The lowest BCUT2D eigenvalue weighted by Crippen LogP contribution is -2.50. The molecule has 1 aliphatic heterocycles. The fourth-order valence-electron chi connectivity index (χ4n) is 2.09. The minimum atomic E-state index is -0.0660. The molecule has 3 heterocycles. The molecule has 1 fully saturated rings. The molecule has 0 atom stereocenters. The first-order valence-corrected chi connectivity index (χ1v) is 6.35. The average Bonchev–Trinajstić information content (AvgIpc) is 2.37. The molecule has 0 radical (unpaired) electrons. The van der Waals surface area contributed by atoms with Crippen LogP contribution in [0, 0.1) is 5.92 Å². The molecule has 3 rings (SSSR count). The van der Waals surface area contributed by atoms with Crippen LogP contribution < -0.4 is 10.5 Å². The zero-order chi connectivity index (χ0) is 13.2. The van der Waals surface area contributed by atoms with Crippen LogP contribution >= 0.6 is 11.6 Å². The van der Waals surface area contributed by atoms with Crippen LogP contribution in [-0.4, -0.2) is 32.8 Å². The van der Waals surface area contributed by atoms with E-state index in [1.54, 1.807) is 24.7 Å². The van der Waals surface area contributed by atoms with Gasteiger partial charge in [0, 0.05) is 31.3 Å². The summed E-state index contributed by atoms with van der Waals surface area (Å²) >= 11 is 5.74. The van der Waals surface area contributed by atoms with Gasteiger partial charge in [-0.25, -0.2) is 14.6 Å². The second kappa shape index (κ2) is 4.97. The van der Waals surface area contributed by atoms with E-state index in [-0.39, 0.29) is 5.56 Å². The quantitative estimate of drug-likeness (QED) is 0.831. The maximum absolute atomic E-state index is 11.5. The van der Waals surface area contributed by atoms with Gasteiger partial charge in [0.15, 0.2) is 0 Å². The molecule has 7 heteroatoms. The number of nitrogens with zero attached hydrogens (tertiary/aromatic N) is 5. The smallest absolute Gasteiger partial charge is 0.266 e. The normalized spacial score (nSPS) is 15.3. The first-order valence-electron chi connectivity index (χ1n) is 5.97. The van der Waals surface area contributed by atoms with Crippen molar-refractivity contribution in [2.75, 3.05) is 18.0 Å². The van der Waals surface area contributed by atoms with E-state index in [1.807, 2.05) is 0 Å². The molecule has 0 spiro atoms. The molecule has 2 aromatic rings. The van der Waals surface area contributed by atoms with Gasteiger partial charge in [-0.3, -0.25) is 4.79 Å². The lowest BCUT2D eigenvalue weighted by Gasteiger charge is -2.39. The highest BCUT2D eigenvalue weighted by Crippen LogP contribution is 2.22. The Morgan fingerprint density at radius 2 is 2.05 bits per heavy atom. The zero-order valence-electron chi connectivity index (χ0n) is 10.1. The summed E-state index contributed by atoms with van der Waals surface area (Å²) in [4.78, 5) is 21.9. The minimum absolute atomic E-state index is 0.0660. The number of hydrogen-bond acceptors (Lipinski definition) is 5. The maximum Gasteiger partial charge on any atom is 0.266 e. The molecule has 0 amide bonds. The van der Waals surface area contributed by atoms with Crippen LogP contribution in [0.5, 0.6) is 0 Å². The molecule has 0 saturated carbocycles. The fraction of sp³-hybridized carbons (Fsp3) is 0.333. The van der Waals surface area contributed by atoms with E-state index < -0.39 is 0 Å². The first kappa shape index (κ1) is 12.1. The molecular weight excluding hydrogens is 266 g/mol. The molecule has 0 bridgehead atoms. The van der Waals surface area contributed by atoms with Gasteiger partial charge in [-0.15, -0.1) is 0 Å². The Morgan fingerprint density at radius 3 is 2.74 bits per heavy atom. The second-order valence-corrected chi connectivity index (χ2v) is 4.95. The van der Waals surface area contributed by atoms with Gasteiger partial charge in [-0.05, 0) is 6.07 Å². The van der Waals surface area contributed by atoms with Crippen molar-refractivity contribution in [1.82, 2.24) is 19.7 Å². The molecule has 98 valence electrons. The highest BCUT2D eigenvalue weighted by Gasteiger charge is 2.29. The van der Waals surface area contributed by atoms with E-state index in [2.05, 4.69) is 20.0 Å². The van der Waals surface area contributed by atoms with E-state index >= 15 is 0 Å². The van der Waals surface area contributed by atoms with Crippen molar-refractivity contribution >= 4 is 17.5 Å². The first-order chi connectivity index (χ1) is 9.22. The van der Waals surface area contributed by atoms with Gasteiger partial charge in [0.2, 0.25) is 5.95 Å². The standard InChI is InChI=1S/C12H12ClN5O/c13-10-4-14-12(15-5-10)17-6-9(7-17)8-18-11(19)2-1-3-16-18/h1-5,9H,6-8H2. The van der Waals surface area contributed by atoms with Crippen LogP contribution in [0.3, 0.4) is 0 Å². The molecule has 19 heavy (non-hydrogen) atoms. The number of rotatable bonds is 3. The van der Waals surface area contributed by atoms with Crippen molar-refractivity contribution in [3.05, 3.63) is 46.1 Å². The fourth-order valence-corrected chi connectivity index (χ4v) is 2.18. The minimum Gasteiger partial charge on any atom is -0.340 e. The predicted octanol–water partition coefficient (Wildman–Crippen LogP) is 0.823. The number of halogens is 1. The van der Waals surface area contributed by atoms with Crippen LogP contribution in [-0.2, 0) is 6.54 Å². The average molecular weight is 278 g/mol. The Morgan fingerprint density at radius 1 is 1.32 bits per heavy atom. The van der Waals surface area contributed by atoms with E-state index in [9.17, 15) is 4.79 Å². The largest absolute Gasteiger partial charge is 0.340 e. The van der Waals surface area contributed by atoms with E-state index in [1.165, 1.54) is 10.7 Å². The molecule has 2 aromatic heterocycles. The molecule has 1 saturated heterocycles. The third kappa shape index (κ3) is 2.58. The molecule has 0 aromatic carbocycles. The van der Waals surface area contributed by atoms with Gasteiger partial charge in [-0.2, -0.15) is 5.10 Å². The summed E-state index contributed by atoms with van der Waals surface area (Å²) in [5.41, 5.74) is -0.0660. The van der Waals surface area contributed by atoms with E-state index in [4.69, 9.17) is 11.6 Å². The summed E-state index contributed by atoms with van der Waals surface area (Å²) in [6, 6.07) is 3.17. The predicted molar refractivity (Wildman–Crippen MR) is 71.2 cm³/mol. The summed E-state index contributed by atoms with van der Waals surface area (Å²) in [7, 11) is 0. The number of aromatic nitrogens is 4. The van der Waals surface area contributed by atoms with E-state index in [0.29, 0.717) is 23.4 Å². The van der Waals surface area contributed by atoms with Gasteiger partial charge in [0.1, 0.15) is 0 Å². The molecule has 6 nitrogen and oxygen atoms in total. The van der Waals surface area contributed by atoms with Gasteiger partial charge < -0.3 is 4.90 Å². The third-order valence-electron chi connectivity index (χ3n) is 3.06. The van der Waals surface area contributed by atoms with Crippen LogP contribution in [0.25, 0.3) is 0 Å². The summed E-state index contributed by atoms with van der Waals surface area (Å²) in [5, 5.41) is 4.57. The Kier molecular flexibility index (Phi) is 3.16. The SMILES string of the molecule is O=c1cccnn1CC1CN(c2ncc(Cl)cn2)C1. The van der Waals surface area contributed by atoms with Crippen molar-refractivity contribution in [3.8, 4) is 0 Å². The van der Waals surface area contributed by atoms with Crippen LogP contribution in [0.15, 0.2) is 35.5 Å². The van der Waals surface area contributed by atoms with E-state index in [0.717, 1.165) is 13.1 Å². The number of hydrogen-bond donors (Lipinski definition) is 0. The third-order valence-corrected chi connectivity index (χ3v) is 3.26. The van der Waals surface area contributed by atoms with Gasteiger partial charge in [0.05, 0.1) is 24.0 Å². The summed E-state index contributed by atoms with van der Waals surface area (Å²) in [6.07, 6.45) is 4.79. The van der Waals surface area contributed by atoms with Crippen LogP contribution in [0.4, 0.5) is 5.95 Å². The Balaban J connectivity index is 1.60. The molecular formula is C12H12ClN5O. The Hall–Kier alpha value is -1.95. The van der Waals surface area contributed by atoms with Crippen molar-refractivity contribution in [2.24, 2.45) is 5.92 Å². The molecule has 0 aliphatic carbocycles. The van der Waals surface area contributed by atoms with Crippen molar-refractivity contribution in [2.45, 2.75) is 6.54 Å². The second-order valence-electron chi connectivity index (χ2n) is 4.52. The summed E-state index contributed by atoms with van der Waals surface area (Å²) in [5.74, 6) is 1.07. The topological polar surface area (TPSA) is 63.9 Å². The van der Waals surface area contributed by atoms with Gasteiger partial charge in [-0.1, -0.05) is 11.6 Å². The molecule has 1 aliphatic rings. The Bertz CT molecular complexity index is 621. The Labute approximate surface area is 114 Å². The van der Waals surface area contributed by atoms with Crippen molar-refractivity contribution in [3.63, 3.8) is 0 Å². The van der Waals surface area contributed by atoms with Gasteiger partial charge in [0.25, 0.3) is 5.56 Å². The summed E-state index contributed by atoms with van der Waals surface area (Å²) in [6.45, 7) is 2.28. The highest BCUT2D eigenvalue weighted by atomic mass is 35.5. The highest BCUT2D eigenvalue weighted by molar-refractivity contribution is 6.30. The van der Waals surface area contributed by atoms with Crippen molar-refractivity contribution in [1.29, 1.82) is 0 Å². The monoisotopic (exact) mass is 277 g/mol. The molecule has 0 N–H and O–H groups in total. The molecule has 0 unspecified atom stereocenters. The van der Waals surface area contributed by atoms with Gasteiger partial charge >= 0.3 is 0 Å². The lowest BCUT2D eigenvalue weighted by atomic mass is 10.0. The summed E-state index contributed by atoms with van der Waals surface area (Å²) < 4.78 is 1.49. The maximum atomic E-state index is 11.5. The van der Waals surface area contributed by atoms with Crippen LogP contribution in [0.2, 0.25) is 5.02 Å². The van der Waals surface area contributed by atoms with Crippen molar-refractivity contribution < 1.29 is 0 Å². The zero-order valence-corrected chi connectivity index (χ0v) is 10.9.